The Morgan fingerprint density at radius 2 is 1.67 bits per heavy atom. The Kier molecular flexibility index (Phi) is 9.41. The van der Waals surface area contributed by atoms with E-state index in [9.17, 15) is 18.0 Å². The van der Waals surface area contributed by atoms with Crippen LogP contribution in [0.3, 0.4) is 0 Å². The number of pyridine rings is 1. The number of halogens is 3. The van der Waals surface area contributed by atoms with Gasteiger partial charge in [0.2, 0.25) is 0 Å². The van der Waals surface area contributed by atoms with Gasteiger partial charge in [-0.3, -0.25) is 9.69 Å². The van der Waals surface area contributed by atoms with Crippen molar-refractivity contribution in [2.75, 3.05) is 26.2 Å². The first kappa shape index (κ1) is 33.5. The number of alkyl halides is 3. The predicted octanol–water partition coefficient (Wildman–Crippen LogP) is 8.58. The minimum atomic E-state index is -4.51. The summed E-state index contributed by atoms with van der Waals surface area (Å²) in [6, 6.07) is 21.3. The van der Waals surface area contributed by atoms with Crippen LogP contribution in [0.15, 0.2) is 72.8 Å². The number of rotatable bonds is 9. The Morgan fingerprint density at radius 3 is 2.35 bits per heavy atom. The molecule has 2 saturated heterocycles. The molecule has 9 heteroatoms. The van der Waals surface area contributed by atoms with E-state index in [1.165, 1.54) is 25.3 Å². The SMILES string of the molecule is CC(C)Oc1ccc2nc(-c3cccc(C(F)(F)F)c3)c(CN3CCC(N4CCCCC4)CC3)c(C(=O)NC3(c4ccccc4)CC3)c2c1. The van der Waals surface area contributed by atoms with Gasteiger partial charge in [0.15, 0.2) is 0 Å². The minimum absolute atomic E-state index is 0.0828. The van der Waals surface area contributed by atoms with Crippen LogP contribution in [0.2, 0.25) is 0 Å². The molecule has 1 amide bonds. The van der Waals surface area contributed by atoms with E-state index in [-0.39, 0.29) is 12.0 Å². The molecule has 4 aromatic rings. The largest absolute Gasteiger partial charge is 0.491 e. The first-order chi connectivity index (χ1) is 23.6. The zero-order valence-electron chi connectivity index (χ0n) is 28.4. The second-order valence-electron chi connectivity index (χ2n) is 14.2. The zero-order valence-corrected chi connectivity index (χ0v) is 28.4. The standard InChI is InChI=1S/C40H45F3N4O2/c1-27(2)49-32-14-15-35-33(25-32)36(38(48)45-39(18-19-39)29-11-5-3-6-12-29)34(37(44-35)28-10-9-13-30(24-28)40(41,42)43)26-46-22-16-31(17-23-46)47-20-7-4-8-21-47/h3,5-6,9-15,24-25,27,31H,4,7-8,16-23,26H2,1-2H3,(H,45,48). The lowest BCUT2D eigenvalue weighted by atomic mass is 9.93. The molecule has 2 aliphatic heterocycles. The first-order valence-corrected chi connectivity index (χ1v) is 17.7. The van der Waals surface area contributed by atoms with Gasteiger partial charge in [0.25, 0.3) is 5.91 Å². The first-order valence-electron chi connectivity index (χ1n) is 17.7. The van der Waals surface area contributed by atoms with Crippen LogP contribution in [-0.4, -0.2) is 59.0 Å². The van der Waals surface area contributed by atoms with Crippen molar-refractivity contribution in [1.29, 1.82) is 0 Å². The highest BCUT2D eigenvalue weighted by molar-refractivity contribution is 6.09. The average molecular weight is 671 g/mol. The van der Waals surface area contributed by atoms with Gasteiger partial charge >= 0.3 is 6.18 Å². The van der Waals surface area contributed by atoms with Gasteiger partial charge in [-0.25, -0.2) is 4.98 Å². The van der Waals surface area contributed by atoms with Crippen LogP contribution in [0, 0.1) is 0 Å². The molecule has 3 fully saturated rings. The maximum atomic E-state index is 14.8. The normalized spacial score (nSPS) is 18.9. The van der Waals surface area contributed by atoms with Gasteiger partial charge in [-0.1, -0.05) is 48.9 Å². The maximum absolute atomic E-state index is 14.8. The highest BCUT2D eigenvalue weighted by atomic mass is 19.4. The summed E-state index contributed by atoms with van der Waals surface area (Å²) in [4.78, 5) is 24.8. The topological polar surface area (TPSA) is 57.7 Å². The Bertz CT molecular complexity index is 1790. The summed E-state index contributed by atoms with van der Waals surface area (Å²) < 4.78 is 48.1. The fourth-order valence-electron chi connectivity index (χ4n) is 7.72. The maximum Gasteiger partial charge on any atom is 0.416 e. The molecule has 1 saturated carbocycles. The summed E-state index contributed by atoms with van der Waals surface area (Å²) >= 11 is 0. The summed E-state index contributed by atoms with van der Waals surface area (Å²) in [6.45, 7) is 8.27. The van der Waals surface area contributed by atoms with Crippen LogP contribution >= 0.6 is 0 Å². The summed E-state index contributed by atoms with van der Waals surface area (Å²) in [5, 5.41) is 4.01. The van der Waals surface area contributed by atoms with Crippen molar-refractivity contribution in [3.63, 3.8) is 0 Å². The molecule has 258 valence electrons. The van der Waals surface area contributed by atoms with E-state index in [0.717, 1.165) is 69.6 Å². The molecule has 3 heterocycles. The van der Waals surface area contributed by atoms with Crippen molar-refractivity contribution in [1.82, 2.24) is 20.1 Å². The van der Waals surface area contributed by atoms with E-state index in [1.807, 2.05) is 56.3 Å². The summed E-state index contributed by atoms with van der Waals surface area (Å²) in [5.74, 6) is 0.365. The lowest BCUT2D eigenvalue weighted by molar-refractivity contribution is -0.137. The van der Waals surface area contributed by atoms with Crippen LogP contribution in [0.5, 0.6) is 5.75 Å². The molecule has 1 aliphatic carbocycles. The van der Waals surface area contributed by atoms with Gasteiger partial charge in [0.1, 0.15) is 5.75 Å². The van der Waals surface area contributed by atoms with Crippen molar-refractivity contribution in [2.45, 2.75) is 89.2 Å². The van der Waals surface area contributed by atoms with E-state index in [4.69, 9.17) is 9.72 Å². The van der Waals surface area contributed by atoms with E-state index >= 15 is 0 Å². The number of fused-ring (bicyclic) bond motifs is 1. The number of nitrogens with one attached hydrogen (secondary N) is 1. The second-order valence-corrected chi connectivity index (χ2v) is 14.2. The predicted molar refractivity (Wildman–Crippen MR) is 186 cm³/mol. The summed E-state index contributed by atoms with van der Waals surface area (Å²) in [5.41, 5.74) is 2.20. The van der Waals surface area contributed by atoms with Crippen LogP contribution in [0.25, 0.3) is 22.2 Å². The number of piperidine rings is 2. The van der Waals surface area contributed by atoms with Gasteiger partial charge < -0.3 is 15.0 Å². The van der Waals surface area contributed by atoms with Crippen molar-refractivity contribution in [2.24, 2.45) is 0 Å². The molecule has 0 spiro atoms. The van der Waals surface area contributed by atoms with E-state index in [2.05, 4.69) is 15.1 Å². The quantitative estimate of drug-likeness (QED) is 0.193. The number of hydrogen-bond acceptors (Lipinski definition) is 5. The average Bonchev–Trinajstić information content (AvgIpc) is 3.89. The van der Waals surface area contributed by atoms with Crippen molar-refractivity contribution in [3.8, 4) is 17.0 Å². The van der Waals surface area contributed by atoms with Gasteiger partial charge in [0.05, 0.1) is 34.0 Å². The summed E-state index contributed by atoms with van der Waals surface area (Å²) in [7, 11) is 0. The molecule has 0 bridgehead atoms. The Balaban J connectivity index is 1.34. The van der Waals surface area contributed by atoms with Crippen molar-refractivity contribution in [3.05, 3.63) is 95.1 Å². The van der Waals surface area contributed by atoms with E-state index < -0.39 is 17.3 Å². The van der Waals surface area contributed by atoms with Crippen LogP contribution < -0.4 is 10.1 Å². The second kappa shape index (κ2) is 13.8. The van der Waals surface area contributed by atoms with E-state index in [1.54, 1.807) is 12.1 Å². The van der Waals surface area contributed by atoms with Gasteiger partial charge in [-0.05, 0) is 114 Å². The van der Waals surface area contributed by atoms with Crippen molar-refractivity contribution >= 4 is 16.8 Å². The monoisotopic (exact) mass is 670 g/mol. The van der Waals surface area contributed by atoms with Gasteiger partial charge in [-0.2, -0.15) is 13.2 Å². The minimum Gasteiger partial charge on any atom is -0.491 e. The summed E-state index contributed by atoms with van der Waals surface area (Å²) in [6.07, 6.45) is 2.85. The lowest BCUT2D eigenvalue weighted by Crippen LogP contribution is -2.46. The molecular weight excluding hydrogens is 625 g/mol. The van der Waals surface area contributed by atoms with Crippen LogP contribution in [0.1, 0.15) is 85.8 Å². The van der Waals surface area contributed by atoms with Gasteiger partial charge in [0, 0.05) is 29.1 Å². The molecule has 49 heavy (non-hydrogen) atoms. The highest BCUT2D eigenvalue weighted by Gasteiger charge is 2.46. The Hall–Kier alpha value is -3.95. The number of likely N-dealkylation sites (tertiary alicyclic amines) is 2. The number of carbonyl (C=O) groups is 1. The van der Waals surface area contributed by atoms with E-state index in [0.29, 0.717) is 51.6 Å². The number of nitrogens with zero attached hydrogens (tertiary/aromatic N) is 3. The molecular formula is C40H45F3N4O2. The Morgan fingerprint density at radius 1 is 0.939 bits per heavy atom. The molecule has 1 N–H and O–H groups in total. The number of aromatic nitrogens is 1. The number of ether oxygens (including phenoxy) is 1. The fraction of sp³-hybridized carbons (Fsp3) is 0.450. The lowest BCUT2D eigenvalue weighted by Gasteiger charge is -2.40. The molecule has 6 nitrogen and oxygen atoms in total. The molecule has 0 radical (unpaired) electrons. The molecule has 7 rings (SSSR count). The number of hydrogen-bond donors (Lipinski definition) is 1. The molecule has 0 atom stereocenters. The zero-order chi connectivity index (χ0) is 34.2. The Labute approximate surface area is 286 Å². The molecule has 3 aliphatic rings. The van der Waals surface area contributed by atoms with Gasteiger partial charge in [-0.15, -0.1) is 0 Å². The number of amides is 1. The molecule has 0 unspecified atom stereocenters. The fourth-order valence-corrected chi connectivity index (χ4v) is 7.72. The molecule has 1 aromatic heterocycles. The third-order valence-corrected chi connectivity index (χ3v) is 10.4. The highest BCUT2D eigenvalue weighted by Crippen LogP contribution is 2.46. The molecule has 3 aromatic carbocycles. The third-order valence-electron chi connectivity index (χ3n) is 10.4. The van der Waals surface area contributed by atoms with Crippen LogP contribution in [0.4, 0.5) is 13.2 Å². The smallest absolute Gasteiger partial charge is 0.416 e. The van der Waals surface area contributed by atoms with Crippen molar-refractivity contribution < 1.29 is 22.7 Å². The van der Waals surface area contributed by atoms with Crippen LogP contribution in [-0.2, 0) is 18.3 Å². The number of carbonyl (C=O) groups excluding carboxylic acids is 1. The number of benzene rings is 3. The third kappa shape index (κ3) is 7.33.